The summed E-state index contributed by atoms with van der Waals surface area (Å²) in [5.41, 5.74) is 1.81. The molecule has 8 heteroatoms. The lowest BCUT2D eigenvalue weighted by Gasteiger charge is -2.42. The molecule has 2 aliphatic heterocycles. The molecule has 2 unspecified atom stereocenters. The van der Waals surface area contributed by atoms with Gasteiger partial charge >= 0.3 is 0 Å². The van der Waals surface area contributed by atoms with Crippen LogP contribution in [0.1, 0.15) is 11.1 Å². The second-order valence-corrected chi connectivity index (χ2v) is 8.24. The zero-order valence-electron chi connectivity index (χ0n) is 18.0. The van der Waals surface area contributed by atoms with Gasteiger partial charge in [-0.25, -0.2) is 0 Å². The smallest absolute Gasteiger partial charge is 0.161 e. The van der Waals surface area contributed by atoms with E-state index in [1.54, 1.807) is 0 Å². The molecule has 4 rings (SSSR count). The molecule has 7 nitrogen and oxygen atoms in total. The average Bonchev–Trinajstić information content (AvgIpc) is 2.80. The van der Waals surface area contributed by atoms with Gasteiger partial charge in [-0.05, 0) is 24.3 Å². The first-order valence-corrected chi connectivity index (χ1v) is 10.7. The minimum Gasteiger partial charge on any atom is -1.00 e. The van der Waals surface area contributed by atoms with Gasteiger partial charge in [0.2, 0.25) is 0 Å². The van der Waals surface area contributed by atoms with Crippen LogP contribution in [0, 0.1) is 11.3 Å². The van der Waals surface area contributed by atoms with E-state index in [2.05, 4.69) is 6.07 Å². The number of fused-ring (bicyclic) bond motifs is 1. The van der Waals surface area contributed by atoms with Gasteiger partial charge in [0.1, 0.15) is 38.9 Å². The van der Waals surface area contributed by atoms with Gasteiger partial charge in [0.15, 0.2) is 17.6 Å². The van der Waals surface area contributed by atoms with Crippen LogP contribution in [0.15, 0.2) is 48.5 Å². The van der Waals surface area contributed by atoms with E-state index in [-0.39, 0.29) is 25.1 Å². The third-order valence-corrected chi connectivity index (χ3v) is 5.80. The summed E-state index contributed by atoms with van der Waals surface area (Å²) in [4.78, 5) is 0. The summed E-state index contributed by atoms with van der Waals surface area (Å²) in [6.07, 6.45) is -0.777. The highest BCUT2D eigenvalue weighted by Crippen LogP contribution is 2.30. The van der Waals surface area contributed by atoms with Gasteiger partial charge in [-0.1, -0.05) is 24.3 Å². The maximum atomic E-state index is 10.7. The number of quaternary nitrogens is 1. The van der Waals surface area contributed by atoms with E-state index in [9.17, 15) is 5.11 Å². The Bertz CT molecular complexity index is 896. The molecule has 1 fully saturated rings. The van der Waals surface area contributed by atoms with Gasteiger partial charge < -0.3 is 40.9 Å². The van der Waals surface area contributed by atoms with Crippen molar-refractivity contribution in [3.05, 3.63) is 59.7 Å². The first-order valence-electron chi connectivity index (χ1n) is 10.7. The van der Waals surface area contributed by atoms with Crippen molar-refractivity contribution in [1.82, 2.24) is 0 Å². The van der Waals surface area contributed by atoms with E-state index in [4.69, 9.17) is 24.2 Å². The summed E-state index contributed by atoms with van der Waals surface area (Å²) >= 11 is 0. The molecular formula is C24H29ClN2O5. The normalized spacial score (nSPS) is 19.9. The Hall–Kier alpha value is -2.34. The molecule has 0 amide bonds. The Morgan fingerprint density at radius 1 is 1.09 bits per heavy atom. The molecule has 0 spiro atoms. The van der Waals surface area contributed by atoms with Crippen LogP contribution < -0.4 is 21.9 Å². The van der Waals surface area contributed by atoms with Crippen molar-refractivity contribution in [2.45, 2.75) is 18.8 Å². The monoisotopic (exact) mass is 460 g/mol. The summed E-state index contributed by atoms with van der Waals surface area (Å²) < 4.78 is 23.7. The van der Waals surface area contributed by atoms with Gasteiger partial charge in [0.05, 0.1) is 38.1 Å². The molecule has 1 N–H and O–H groups in total. The van der Waals surface area contributed by atoms with Gasteiger partial charge in [-0.2, -0.15) is 5.26 Å². The molecule has 0 radical (unpaired) electrons. The molecule has 2 heterocycles. The lowest BCUT2D eigenvalue weighted by molar-refractivity contribution is -0.950. The summed E-state index contributed by atoms with van der Waals surface area (Å²) in [7, 11) is 0. The van der Waals surface area contributed by atoms with Crippen LogP contribution in [0.4, 0.5) is 0 Å². The Balaban J connectivity index is 0.00000289. The summed E-state index contributed by atoms with van der Waals surface area (Å²) in [5, 5.41) is 19.7. The largest absolute Gasteiger partial charge is 1.00 e. The zero-order valence-corrected chi connectivity index (χ0v) is 18.7. The molecule has 0 bridgehead atoms. The second kappa shape index (κ2) is 11.5. The van der Waals surface area contributed by atoms with Crippen molar-refractivity contribution in [3.8, 4) is 17.6 Å². The fourth-order valence-electron chi connectivity index (χ4n) is 4.19. The van der Waals surface area contributed by atoms with Crippen molar-refractivity contribution >= 4 is 0 Å². The van der Waals surface area contributed by atoms with Crippen molar-refractivity contribution in [2.75, 3.05) is 52.7 Å². The molecule has 0 aromatic heterocycles. The number of para-hydroxylation sites is 2. The quantitative estimate of drug-likeness (QED) is 0.516. The summed E-state index contributed by atoms with van der Waals surface area (Å²) in [5.74, 6) is 1.48. The van der Waals surface area contributed by atoms with E-state index < -0.39 is 6.10 Å². The molecule has 2 aliphatic rings. The lowest BCUT2D eigenvalue weighted by atomic mass is 10.1. The highest BCUT2D eigenvalue weighted by Gasteiger charge is 2.33. The van der Waals surface area contributed by atoms with Crippen molar-refractivity contribution in [1.29, 1.82) is 5.26 Å². The standard InChI is InChI=1S/C24H29N2O5.ClH/c25-13-19-5-7-20(8-6-19)14-26(9-11-28-12-10-26)15-21(27)16-29-17-22-18-30-23-3-1-2-4-24(23)31-22;/h1-8,21-22,27H,9-12,14-18H2;1H/q+1;/p-1. The summed E-state index contributed by atoms with van der Waals surface area (Å²) in [6.45, 7) is 5.47. The Kier molecular flexibility index (Phi) is 8.74. The number of ether oxygens (including phenoxy) is 4. The molecule has 2 aromatic rings. The van der Waals surface area contributed by atoms with Crippen LogP contribution in [0.25, 0.3) is 0 Å². The first-order chi connectivity index (χ1) is 15.2. The molecular weight excluding hydrogens is 432 g/mol. The van der Waals surface area contributed by atoms with Crippen LogP contribution >= 0.6 is 0 Å². The zero-order chi connectivity index (χ0) is 21.5. The van der Waals surface area contributed by atoms with Crippen LogP contribution in [-0.4, -0.2) is 74.5 Å². The number of rotatable bonds is 8. The molecule has 0 saturated carbocycles. The van der Waals surface area contributed by atoms with Crippen LogP contribution in [0.3, 0.4) is 0 Å². The maximum Gasteiger partial charge on any atom is 0.161 e. The number of benzene rings is 2. The van der Waals surface area contributed by atoms with Crippen LogP contribution in [-0.2, 0) is 16.0 Å². The highest BCUT2D eigenvalue weighted by molar-refractivity contribution is 5.40. The van der Waals surface area contributed by atoms with Crippen LogP contribution in [0.5, 0.6) is 11.5 Å². The lowest BCUT2D eigenvalue weighted by Crippen LogP contribution is -3.00. The molecule has 2 aromatic carbocycles. The molecule has 0 aliphatic carbocycles. The predicted octanol–water partition coefficient (Wildman–Crippen LogP) is -0.873. The highest BCUT2D eigenvalue weighted by atomic mass is 35.5. The average molecular weight is 461 g/mol. The third kappa shape index (κ3) is 6.35. The van der Waals surface area contributed by atoms with Crippen molar-refractivity contribution < 1.29 is 40.9 Å². The predicted molar refractivity (Wildman–Crippen MR) is 114 cm³/mol. The van der Waals surface area contributed by atoms with E-state index in [1.807, 2.05) is 48.5 Å². The van der Waals surface area contributed by atoms with Gasteiger partial charge in [0, 0.05) is 5.56 Å². The SMILES string of the molecule is N#Cc1ccc(C[N+]2(CC(O)COCC3COc4ccccc4O3)CCOCC2)cc1.[Cl-]. The van der Waals surface area contributed by atoms with Gasteiger partial charge in [-0.3, -0.25) is 0 Å². The second-order valence-electron chi connectivity index (χ2n) is 8.24. The number of halogens is 1. The van der Waals surface area contributed by atoms with E-state index in [0.29, 0.717) is 38.5 Å². The minimum absolute atomic E-state index is 0. The number of nitriles is 1. The first kappa shape index (κ1) is 24.3. The Labute approximate surface area is 195 Å². The van der Waals surface area contributed by atoms with Crippen molar-refractivity contribution in [2.24, 2.45) is 0 Å². The van der Waals surface area contributed by atoms with E-state index in [1.165, 1.54) is 0 Å². The van der Waals surface area contributed by atoms with Gasteiger partial charge in [0.25, 0.3) is 0 Å². The number of aliphatic hydroxyl groups excluding tert-OH is 1. The Morgan fingerprint density at radius 3 is 2.53 bits per heavy atom. The number of hydrogen-bond donors (Lipinski definition) is 1. The number of nitrogens with zero attached hydrogens (tertiary/aromatic N) is 2. The molecule has 172 valence electrons. The van der Waals surface area contributed by atoms with Crippen molar-refractivity contribution in [3.63, 3.8) is 0 Å². The molecule has 32 heavy (non-hydrogen) atoms. The minimum atomic E-state index is -0.590. The summed E-state index contributed by atoms with van der Waals surface area (Å²) in [6, 6.07) is 17.4. The third-order valence-electron chi connectivity index (χ3n) is 5.80. The maximum absolute atomic E-state index is 10.7. The fourth-order valence-corrected chi connectivity index (χ4v) is 4.19. The van der Waals surface area contributed by atoms with E-state index in [0.717, 1.165) is 41.2 Å². The number of aliphatic hydroxyl groups is 1. The molecule has 1 saturated heterocycles. The number of morpholine rings is 1. The Morgan fingerprint density at radius 2 is 1.81 bits per heavy atom. The fraction of sp³-hybridized carbons (Fsp3) is 0.458. The van der Waals surface area contributed by atoms with E-state index >= 15 is 0 Å². The topological polar surface area (TPSA) is 80.9 Å². The van der Waals surface area contributed by atoms with Gasteiger partial charge in [-0.15, -0.1) is 0 Å². The van der Waals surface area contributed by atoms with Crippen LogP contribution in [0.2, 0.25) is 0 Å². The number of hydrogen-bond acceptors (Lipinski definition) is 6. The molecule has 2 atom stereocenters.